The van der Waals surface area contributed by atoms with Crippen LogP contribution in [-0.2, 0) is 18.8 Å². The largest absolute Gasteiger partial charge is 0.451 e. The van der Waals surface area contributed by atoms with Gasteiger partial charge in [0, 0.05) is 24.7 Å². The number of fused-ring (bicyclic) bond motifs is 1. The van der Waals surface area contributed by atoms with E-state index < -0.39 is 35.4 Å². The number of alkyl halides is 3. The molecule has 204 valence electrons. The van der Waals surface area contributed by atoms with Crippen LogP contribution in [0.25, 0.3) is 0 Å². The monoisotopic (exact) mass is 554 g/mol. The van der Waals surface area contributed by atoms with E-state index in [1.54, 1.807) is 31.8 Å². The van der Waals surface area contributed by atoms with Gasteiger partial charge in [0.15, 0.2) is 5.82 Å². The summed E-state index contributed by atoms with van der Waals surface area (Å²) in [6.07, 6.45) is -1.44. The molecule has 2 fully saturated rings. The number of nitrogens with zero attached hydrogens (tertiary/aromatic N) is 5. The number of benzene rings is 1. The van der Waals surface area contributed by atoms with Gasteiger partial charge in [0.05, 0.1) is 17.0 Å². The molecule has 2 aromatic heterocycles. The highest BCUT2D eigenvalue weighted by Gasteiger charge is 2.53. The van der Waals surface area contributed by atoms with Gasteiger partial charge in [-0.05, 0) is 69.6 Å². The summed E-state index contributed by atoms with van der Waals surface area (Å²) in [4.78, 5) is 21.3. The molecular formula is C25H27ClF4N6O2. The molecule has 2 heterocycles. The number of aryl methyl sites for hydroxylation is 1. The Morgan fingerprint density at radius 2 is 1.89 bits per heavy atom. The van der Waals surface area contributed by atoms with E-state index in [0.717, 1.165) is 10.7 Å². The molecule has 5 rings (SSSR count). The smallest absolute Gasteiger partial charge is 0.382 e. The minimum atomic E-state index is -4.68. The SMILES string of the molecule is CC(C)n1nc(C2(O)CC3CC(c4ncn(C)c4C(=O)Nc4ccc(F)c(Cl)c4)CC3C2)nc1C(F)(F)F. The van der Waals surface area contributed by atoms with Crippen LogP contribution in [0.1, 0.15) is 79.3 Å². The lowest BCUT2D eigenvalue weighted by Gasteiger charge is -2.21. The Labute approximate surface area is 221 Å². The molecule has 8 nitrogen and oxygen atoms in total. The first-order chi connectivity index (χ1) is 17.8. The maximum absolute atomic E-state index is 13.5. The van der Waals surface area contributed by atoms with Gasteiger partial charge in [0.25, 0.3) is 5.91 Å². The fourth-order valence-corrected chi connectivity index (χ4v) is 6.11. The second-order valence-corrected chi connectivity index (χ2v) is 11.0. The number of hydrogen-bond acceptors (Lipinski definition) is 5. The Kier molecular flexibility index (Phi) is 6.54. The maximum atomic E-state index is 13.5. The number of halogens is 5. The summed E-state index contributed by atoms with van der Waals surface area (Å²) in [6, 6.07) is 3.33. The van der Waals surface area contributed by atoms with Crippen molar-refractivity contribution in [2.45, 2.75) is 63.3 Å². The second-order valence-electron chi connectivity index (χ2n) is 10.6. The second kappa shape index (κ2) is 9.33. The summed E-state index contributed by atoms with van der Waals surface area (Å²) in [6.45, 7) is 3.16. The Balaban J connectivity index is 1.33. The number of carbonyl (C=O) groups excluding carboxylic acids is 1. The van der Waals surface area contributed by atoms with E-state index in [0.29, 0.717) is 29.9 Å². The Morgan fingerprint density at radius 1 is 1.24 bits per heavy atom. The van der Waals surface area contributed by atoms with Crippen molar-refractivity contribution in [2.75, 3.05) is 5.32 Å². The van der Waals surface area contributed by atoms with E-state index in [1.807, 2.05) is 0 Å². The molecule has 0 radical (unpaired) electrons. The summed E-state index contributed by atoms with van der Waals surface area (Å²) >= 11 is 5.83. The molecule has 1 amide bonds. The first-order valence-corrected chi connectivity index (χ1v) is 12.7. The number of anilines is 1. The maximum Gasteiger partial charge on any atom is 0.451 e. The van der Waals surface area contributed by atoms with E-state index >= 15 is 0 Å². The van der Waals surface area contributed by atoms with Gasteiger partial charge in [-0.15, -0.1) is 0 Å². The summed E-state index contributed by atoms with van der Waals surface area (Å²) in [5, 5.41) is 18.0. The fourth-order valence-electron chi connectivity index (χ4n) is 5.93. The highest BCUT2D eigenvalue weighted by Crippen LogP contribution is 2.56. The predicted molar refractivity (Wildman–Crippen MR) is 130 cm³/mol. The normalized spacial score (nSPS) is 25.3. The Hall–Kier alpha value is -2.99. The van der Waals surface area contributed by atoms with Crippen LogP contribution in [0.4, 0.5) is 23.2 Å². The average molecular weight is 555 g/mol. The Morgan fingerprint density at radius 3 is 2.45 bits per heavy atom. The molecule has 0 spiro atoms. The highest BCUT2D eigenvalue weighted by atomic mass is 35.5. The van der Waals surface area contributed by atoms with Crippen molar-refractivity contribution >= 4 is 23.2 Å². The van der Waals surface area contributed by atoms with Crippen molar-refractivity contribution in [1.29, 1.82) is 0 Å². The molecule has 38 heavy (non-hydrogen) atoms. The van der Waals surface area contributed by atoms with Crippen LogP contribution in [0.3, 0.4) is 0 Å². The highest BCUT2D eigenvalue weighted by molar-refractivity contribution is 6.31. The molecule has 2 N–H and O–H groups in total. The van der Waals surface area contributed by atoms with Crippen LogP contribution in [0.2, 0.25) is 5.02 Å². The molecule has 0 bridgehead atoms. The third-order valence-corrected chi connectivity index (χ3v) is 7.87. The fraction of sp³-hybridized carbons (Fsp3) is 0.520. The van der Waals surface area contributed by atoms with Crippen LogP contribution >= 0.6 is 11.6 Å². The summed E-state index contributed by atoms with van der Waals surface area (Å²) in [5.41, 5.74) is -0.240. The number of carbonyl (C=O) groups is 1. The number of nitrogens with one attached hydrogen (secondary N) is 1. The van der Waals surface area contributed by atoms with Crippen molar-refractivity contribution in [2.24, 2.45) is 18.9 Å². The summed E-state index contributed by atoms with van der Waals surface area (Å²) in [5.74, 6) is -2.36. The molecule has 13 heteroatoms. The van der Waals surface area contributed by atoms with Gasteiger partial charge in [-0.2, -0.15) is 18.3 Å². The van der Waals surface area contributed by atoms with Crippen LogP contribution in [0.15, 0.2) is 24.5 Å². The zero-order valence-corrected chi connectivity index (χ0v) is 21.7. The topological polar surface area (TPSA) is 97.9 Å². The molecule has 2 unspecified atom stereocenters. The van der Waals surface area contributed by atoms with Gasteiger partial charge in [0.1, 0.15) is 17.1 Å². The molecule has 1 aromatic carbocycles. The quantitative estimate of drug-likeness (QED) is 0.409. The predicted octanol–water partition coefficient (Wildman–Crippen LogP) is 5.45. The molecule has 2 aliphatic carbocycles. The van der Waals surface area contributed by atoms with Crippen LogP contribution in [0.5, 0.6) is 0 Å². The number of aliphatic hydroxyl groups is 1. The first kappa shape index (κ1) is 26.6. The molecule has 0 aliphatic heterocycles. The molecule has 2 atom stereocenters. The first-order valence-electron chi connectivity index (χ1n) is 12.3. The zero-order valence-electron chi connectivity index (χ0n) is 20.9. The third kappa shape index (κ3) is 4.68. The van der Waals surface area contributed by atoms with E-state index in [9.17, 15) is 27.5 Å². The van der Waals surface area contributed by atoms with Crippen molar-refractivity contribution in [1.82, 2.24) is 24.3 Å². The number of amides is 1. The minimum absolute atomic E-state index is 0.0131. The standard InChI is InChI=1S/C25H27ClF4N6O2/c1-12(2)36-23(25(28,29)30)33-22(34-36)24(38)9-14-6-13(7-15(14)10-24)19-20(35(3)11-31-19)21(37)32-16-4-5-18(27)17(26)8-16/h4-5,8,11-15,38H,6-7,9-10H2,1-3H3,(H,32,37). The lowest BCUT2D eigenvalue weighted by Crippen LogP contribution is -2.25. The molecular weight excluding hydrogens is 528 g/mol. The van der Waals surface area contributed by atoms with Gasteiger partial charge >= 0.3 is 6.18 Å². The lowest BCUT2D eigenvalue weighted by atomic mass is 9.92. The number of rotatable bonds is 5. The van der Waals surface area contributed by atoms with E-state index in [1.165, 1.54) is 12.1 Å². The van der Waals surface area contributed by atoms with Gasteiger partial charge < -0.3 is 15.0 Å². The molecule has 0 saturated heterocycles. The zero-order chi connectivity index (χ0) is 27.6. The van der Waals surface area contributed by atoms with Gasteiger partial charge in [-0.3, -0.25) is 4.79 Å². The molecule has 2 aliphatic rings. The van der Waals surface area contributed by atoms with Crippen LogP contribution < -0.4 is 5.32 Å². The number of imidazole rings is 1. The molecule has 2 saturated carbocycles. The van der Waals surface area contributed by atoms with Crippen molar-refractivity contribution in [3.05, 3.63) is 58.4 Å². The number of aromatic nitrogens is 5. The molecule has 3 aromatic rings. The minimum Gasteiger partial charge on any atom is -0.382 e. The van der Waals surface area contributed by atoms with Crippen LogP contribution in [-0.4, -0.2) is 35.3 Å². The van der Waals surface area contributed by atoms with Crippen molar-refractivity contribution in [3.8, 4) is 0 Å². The third-order valence-electron chi connectivity index (χ3n) is 7.58. The van der Waals surface area contributed by atoms with Crippen LogP contribution in [0, 0.1) is 17.7 Å². The van der Waals surface area contributed by atoms with Gasteiger partial charge in [-0.1, -0.05) is 11.6 Å². The van der Waals surface area contributed by atoms with Gasteiger partial charge in [0.2, 0.25) is 5.82 Å². The summed E-state index contributed by atoms with van der Waals surface area (Å²) in [7, 11) is 1.70. The number of hydrogen-bond donors (Lipinski definition) is 2. The van der Waals surface area contributed by atoms with Crippen molar-refractivity contribution < 1.29 is 27.5 Å². The average Bonchev–Trinajstić information content (AvgIpc) is 3.57. The van der Waals surface area contributed by atoms with E-state index in [-0.39, 0.29) is 41.4 Å². The Bertz CT molecular complexity index is 1370. The van der Waals surface area contributed by atoms with Gasteiger partial charge in [-0.25, -0.2) is 19.0 Å². The van der Waals surface area contributed by atoms with E-state index in [4.69, 9.17) is 11.6 Å². The lowest BCUT2D eigenvalue weighted by molar-refractivity contribution is -0.148. The summed E-state index contributed by atoms with van der Waals surface area (Å²) < 4.78 is 56.5. The van der Waals surface area contributed by atoms with Crippen molar-refractivity contribution in [3.63, 3.8) is 0 Å². The van der Waals surface area contributed by atoms with E-state index in [2.05, 4.69) is 20.4 Å².